The zero-order valence-electron chi connectivity index (χ0n) is 16.4. The van der Waals surface area contributed by atoms with Crippen LogP contribution in [0.4, 0.5) is 5.69 Å². The molecule has 0 spiro atoms. The van der Waals surface area contributed by atoms with Gasteiger partial charge in [-0.3, -0.25) is 9.69 Å². The Hall–Kier alpha value is -2.33. The molecule has 0 saturated heterocycles. The van der Waals surface area contributed by atoms with Gasteiger partial charge in [-0.2, -0.15) is 0 Å². The number of ether oxygens (including phenoxy) is 1. The smallest absolute Gasteiger partial charge is 0.255 e. The number of hydrogen-bond donors (Lipinski definition) is 1. The monoisotopic (exact) mass is 366 g/mol. The van der Waals surface area contributed by atoms with E-state index in [1.165, 1.54) is 32.1 Å². The summed E-state index contributed by atoms with van der Waals surface area (Å²) >= 11 is 0. The second-order valence-electron chi connectivity index (χ2n) is 7.28. The number of nitrogens with zero attached hydrogens (tertiary/aromatic N) is 1. The van der Waals surface area contributed by atoms with E-state index in [0.29, 0.717) is 18.2 Å². The molecule has 144 valence electrons. The third-order valence-electron chi connectivity index (χ3n) is 5.31. The number of nitrogens with one attached hydrogen (secondary N) is 1. The quantitative estimate of drug-likeness (QED) is 0.741. The van der Waals surface area contributed by atoms with Gasteiger partial charge >= 0.3 is 0 Å². The number of amides is 1. The Morgan fingerprint density at radius 3 is 2.48 bits per heavy atom. The number of hydrogen-bond acceptors (Lipinski definition) is 3. The van der Waals surface area contributed by atoms with Crippen LogP contribution in [0.5, 0.6) is 5.75 Å². The van der Waals surface area contributed by atoms with E-state index in [-0.39, 0.29) is 5.91 Å². The van der Waals surface area contributed by atoms with E-state index in [0.717, 1.165) is 23.5 Å². The highest BCUT2D eigenvalue weighted by molar-refractivity contribution is 6.04. The molecule has 1 amide bonds. The van der Waals surface area contributed by atoms with E-state index in [1.807, 2.05) is 37.3 Å². The molecule has 0 unspecified atom stereocenters. The van der Waals surface area contributed by atoms with Crippen molar-refractivity contribution in [3.8, 4) is 5.75 Å². The summed E-state index contributed by atoms with van der Waals surface area (Å²) in [4.78, 5) is 15.1. The highest BCUT2D eigenvalue weighted by atomic mass is 16.5. The molecule has 0 bridgehead atoms. The zero-order valence-corrected chi connectivity index (χ0v) is 16.4. The largest absolute Gasteiger partial charge is 0.494 e. The normalized spacial score (nSPS) is 14.9. The van der Waals surface area contributed by atoms with Crippen LogP contribution in [-0.4, -0.2) is 30.5 Å². The molecular weight excluding hydrogens is 336 g/mol. The van der Waals surface area contributed by atoms with Crippen LogP contribution >= 0.6 is 0 Å². The van der Waals surface area contributed by atoms with E-state index in [2.05, 4.69) is 23.3 Å². The van der Waals surface area contributed by atoms with Crippen LogP contribution in [0, 0.1) is 0 Å². The van der Waals surface area contributed by atoms with Crippen molar-refractivity contribution in [1.29, 1.82) is 0 Å². The summed E-state index contributed by atoms with van der Waals surface area (Å²) in [6.45, 7) is 3.42. The van der Waals surface area contributed by atoms with Crippen LogP contribution in [-0.2, 0) is 6.54 Å². The molecule has 0 radical (unpaired) electrons. The lowest BCUT2D eigenvalue weighted by molar-refractivity contribution is 0.102. The minimum atomic E-state index is -0.0918. The van der Waals surface area contributed by atoms with Gasteiger partial charge < -0.3 is 10.1 Å². The molecule has 1 aliphatic rings. The van der Waals surface area contributed by atoms with Crippen molar-refractivity contribution in [3.05, 3.63) is 59.7 Å². The minimum Gasteiger partial charge on any atom is -0.494 e. The molecule has 1 aliphatic carbocycles. The summed E-state index contributed by atoms with van der Waals surface area (Å²) in [7, 11) is 2.20. The average molecular weight is 367 g/mol. The van der Waals surface area contributed by atoms with Gasteiger partial charge in [-0.05, 0) is 62.7 Å². The molecule has 0 aromatic heterocycles. The topological polar surface area (TPSA) is 41.6 Å². The fraction of sp³-hybridized carbons (Fsp3) is 0.435. The highest BCUT2D eigenvalue weighted by Crippen LogP contribution is 2.25. The molecule has 27 heavy (non-hydrogen) atoms. The lowest BCUT2D eigenvalue weighted by atomic mass is 9.94. The maximum atomic E-state index is 12.7. The average Bonchev–Trinajstić information content (AvgIpc) is 2.71. The molecule has 1 N–H and O–H groups in total. The predicted octanol–water partition coefficient (Wildman–Crippen LogP) is 5.10. The Bertz CT molecular complexity index is 736. The van der Waals surface area contributed by atoms with Gasteiger partial charge in [0.05, 0.1) is 6.61 Å². The third-order valence-corrected chi connectivity index (χ3v) is 5.31. The number of rotatable bonds is 7. The van der Waals surface area contributed by atoms with Crippen molar-refractivity contribution >= 4 is 11.6 Å². The lowest BCUT2D eigenvalue weighted by Crippen LogP contribution is -2.33. The van der Waals surface area contributed by atoms with Gasteiger partial charge in [-0.1, -0.05) is 37.5 Å². The van der Waals surface area contributed by atoms with E-state index in [1.54, 1.807) is 12.1 Å². The number of benzene rings is 2. The number of carbonyl (C=O) groups excluding carboxylic acids is 1. The lowest BCUT2D eigenvalue weighted by Gasteiger charge is -2.31. The first-order valence-electron chi connectivity index (χ1n) is 9.99. The number of carbonyl (C=O) groups is 1. The molecule has 1 saturated carbocycles. The van der Waals surface area contributed by atoms with Crippen LogP contribution in [0.1, 0.15) is 54.9 Å². The summed E-state index contributed by atoms with van der Waals surface area (Å²) in [5.41, 5.74) is 2.68. The van der Waals surface area contributed by atoms with E-state index < -0.39 is 0 Å². The van der Waals surface area contributed by atoms with Gasteiger partial charge in [0, 0.05) is 23.8 Å². The SMILES string of the molecule is CCOc1ccc(C(=O)Nc2ccccc2CN(C)C2CCCCC2)cc1. The molecule has 0 aliphatic heterocycles. The Morgan fingerprint density at radius 1 is 1.07 bits per heavy atom. The van der Waals surface area contributed by atoms with Crippen molar-refractivity contribution < 1.29 is 9.53 Å². The Balaban J connectivity index is 1.66. The van der Waals surface area contributed by atoms with Gasteiger partial charge in [0.15, 0.2) is 0 Å². The summed E-state index contributed by atoms with van der Waals surface area (Å²) in [5.74, 6) is 0.689. The molecule has 0 atom stereocenters. The van der Waals surface area contributed by atoms with Crippen LogP contribution in [0.25, 0.3) is 0 Å². The van der Waals surface area contributed by atoms with Gasteiger partial charge in [0.1, 0.15) is 5.75 Å². The summed E-state index contributed by atoms with van der Waals surface area (Å²) in [6, 6.07) is 16.0. The summed E-state index contributed by atoms with van der Waals surface area (Å²) in [6.07, 6.45) is 6.56. The maximum absolute atomic E-state index is 12.7. The minimum absolute atomic E-state index is 0.0918. The predicted molar refractivity (Wildman–Crippen MR) is 110 cm³/mol. The van der Waals surface area contributed by atoms with Gasteiger partial charge in [-0.25, -0.2) is 0 Å². The Labute approximate surface area is 162 Å². The Kier molecular flexibility index (Phi) is 6.88. The fourth-order valence-corrected chi connectivity index (χ4v) is 3.76. The Morgan fingerprint density at radius 2 is 1.78 bits per heavy atom. The first kappa shape index (κ1) is 19.4. The summed E-state index contributed by atoms with van der Waals surface area (Å²) in [5, 5.41) is 3.08. The van der Waals surface area contributed by atoms with Crippen molar-refractivity contribution in [1.82, 2.24) is 4.90 Å². The number of anilines is 1. The third kappa shape index (κ3) is 5.33. The number of para-hydroxylation sites is 1. The fourth-order valence-electron chi connectivity index (χ4n) is 3.76. The van der Waals surface area contributed by atoms with Gasteiger partial charge in [0.25, 0.3) is 5.91 Å². The first-order valence-corrected chi connectivity index (χ1v) is 9.99. The highest BCUT2D eigenvalue weighted by Gasteiger charge is 2.19. The summed E-state index contributed by atoms with van der Waals surface area (Å²) < 4.78 is 5.44. The van der Waals surface area contributed by atoms with Gasteiger partial charge in [0.2, 0.25) is 0 Å². The van der Waals surface area contributed by atoms with Crippen LogP contribution < -0.4 is 10.1 Å². The van der Waals surface area contributed by atoms with Crippen molar-refractivity contribution in [2.45, 2.75) is 51.6 Å². The molecule has 1 fully saturated rings. The first-order chi connectivity index (χ1) is 13.2. The molecule has 4 nitrogen and oxygen atoms in total. The molecule has 2 aromatic carbocycles. The van der Waals surface area contributed by atoms with Crippen LogP contribution in [0.2, 0.25) is 0 Å². The van der Waals surface area contributed by atoms with E-state index in [9.17, 15) is 4.79 Å². The molecule has 2 aromatic rings. The van der Waals surface area contributed by atoms with Crippen molar-refractivity contribution in [2.24, 2.45) is 0 Å². The maximum Gasteiger partial charge on any atom is 0.255 e. The van der Waals surface area contributed by atoms with Crippen LogP contribution in [0.15, 0.2) is 48.5 Å². The van der Waals surface area contributed by atoms with Gasteiger partial charge in [-0.15, -0.1) is 0 Å². The molecule has 0 heterocycles. The molecular formula is C23H30N2O2. The second-order valence-corrected chi connectivity index (χ2v) is 7.28. The second kappa shape index (κ2) is 9.56. The standard InChI is InChI=1S/C23H30N2O2/c1-3-27-21-15-13-18(14-16-21)23(26)24-22-12-8-7-9-19(22)17-25(2)20-10-5-4-6-11-20/h7-9,12-16,20H,3-6,10-11,17H2,1-2H3,(H,24,26). The van der Waals surface area contributed by atoms with Crippen molar-refractivity contribution in [3.63, 3.8) is 0 Å². The van der Waals surface area contributed by atoms with E-state index in [4.69, 9.17) is 4.74 Å². The zero-order chi connectivity index (χ0) is 19.1. The molecule has 4 heteroatoms. The van der Waals surface area contributed by atoms with E-state index >= 15 is 0 Å². The van der Waals surface area contributed by atoms with Crippen LogP contribution in [0.3, 0.4) is 0 Å². The van der Waals surface area contributed by atoms with Crippen molar-refractivity contribution in [2.75, 3.05) is 19.0 Å². The molecule has 3 rings (SSSR count).